The lowest BCUT2D eigenvalue weighted by molar-refractivity contribution is -0.116. The Bertz CT molecular complexity index is 596. The molecule has 2 aromatic rings. The molecule has 0 unspecified atom stereocenters. The lowest BCUT2D eigenvalue weighted by Gasteiger charge is -2.10. The van der Waals surface area contributed by atoms with Gasteiger partial charge in [-0.15, -0.1) is 24.8 Å². The summed E-state index contributed by atoms with van der Waals surface area (Å²) in [5.74, 6) is 1.36. The van der Waals surface area contributed by atoms with Crippen molar-refractivity contribution < 1.29 is 4.79 Å². The Balaban J connectivity index is 0.00000242. The first-order valence-electron chi connectivity index (χ1n) is 7.20. The number of benzene rings is 1. The minimum atomic E-state index is -0.00101. The SMILES string of the molecule is CC(C)c1nccn1CCC(=O)Nc1ccc(CN)cc1.Cl.Cl. The van der Waals surface area contributed by atoms with Crippen molar-refractivity contribution in [2.24, 2.45) is 5.73 Å². The van der Waals surface area contributed by atoms with Crippen LogP contribution < -0.4 is 11.1 Å². The molecule has 0 aliphatic carbocycles. The van der Waals surface area contributed by atoms with Gasteiger partial charge >= 0.3 is 0 Å². The number of nitrogens with one attached hydrogen (secondary N) is 1. The molecule has 7 heteroatoms. The molecule has 1 heterocycles. The van der Waals surface area contributed by atoms with E-state index in [1.165, 1.54) is 0 Å². The number of aromatic nitrogens is 2. The summed E-state index contributed by atoms with van der Waals surface area (Å²) >= 11 is 0. The Morgan fingerprint density at radius 3 is 2.48 bits per heavy atom. The largest absolute Gasteiger partial charge is 0.334 e. The first-order valence-corrected chi connectivity index (χ1v) is 7.20. The molecule has 0 saturated heterocycles. The van der Waals surface area contributed by atoms with Gasteiger partial charge in [-0.3, -0.25) is 4.79 Å². The van der Waals surface area contributed by atoms with Crippen molar-refractivity contribution in [2.75, 3.05) is 5.32 Å². The third-order valence-corrected chi connectivity index (χ3v) is 3.32. The lowest BCUT2D eigenvalue weighted by atomic mass is 10.2. The molecule has 0 radical (unpaired) electrons. The van der Waals surface area contributed by atoms with Crippen molar-refractivity contribution in [3.63, 3.8) is 0 Å². The van der Waals surface area contributed by atoms with Gasteiger partial charge in [0.15, 0.2) is 0 Å². The Morgan fingerprint density at radius 1 is 1.26 bits per heavy atom. The van der Waals surface area contributed by atoms with Crippen LogP contribution in [-0.2, 0) is 17.9 Å². The molecule has 0 bridgehead atoms. The summed E-state index contributed by atoms with van der Waals surface area (Å²) in [5.41, 5.74) is 7.39. The number of carbonyl (C=O) groups is 1. The van der Waals surface area contributed by atoms with Crippen molar-refractivity contribution in [1.29, 1.82) is 0 Å². The zero-order valence-corrected chi connectivity index (χ0v) is 15.0. The van der Waals surface area contributed by atoms with Crippen LogP contribution >= 0.6 is 24.8 Å². The second kappa shape index (κ2) is 10.3. The molecule has 0 fully saturated rings. The van der Waals surface area contributed by atoms with E-state index >= 15 is 0 Å². The number of rotatable bonds is 6. The highest BCUT2D eigenvalue weighted by molar-refractivity contribution is 5.90. The van der Waals surface area contributed by atoms with Gasteiger partial charge in [-0.25, -0.2) is 4.98 Å². The molecule has 0 atom stereocenters. The molecule has 23 heavy (non-hydrogen) atoms. The first-order chi connectivity index (χ1) is 10.1. The van der Waals surface area contributed by atoms with E-state index in [-0.39, 0.29) is 30.7 Å². The maximum absolute atomic E-state index is 12.0. The van der Waals surface area contributed by atoms with Crippen LogP contribution in [0.3, 0.4) is 0 Å². The van der Waals surface area contributed by atoms with E-state index in [2.05, 4.69) is 24.1 Å². The molecule has 2 rings (SSSR count). The molecule has 3 N–H and O–H groups in total. The van der Waals surface area contributed by atoms with Crippen molar-refractivity contribution >= 4 is 36.4 Å². The van der Waals surface area contributed by atoms with E-state index in [4.69, 9.17) is 5.73 Å². The molecule has 128 valence electrons. The number of halogens is 2. The Labute approximate surface area is 149 Å². The van der Waals surface area contributed by atoms with Crippen LogP contribution in [0.4, 0.5) is 5.69 Å². The third kappa shape index (κ3) is 6.22. The summed E-state index contributed by atoms with van der Waals surface area (Å²) in [7, 11) is 0. The highest BCUT2D eigenvalue weighted by atomic mass is 35.5. The van der Waals surface area contributed by atoms with E-state index in [9.17, 15) is 4.79 Å². The van der Waals surface area contributed by atoms with Crippen LogP contribution in [0.25, 0.3) is 0 Å². The van der Waals surface area contributed by atoms with Gasteiger partial charge in [-0.05, 0) is 17.7 Å². The number of aryl methyl sites for hydroxylation is 1. The summed E-state index contributed by atoms with van der Waals surface area (Å²) in [5, 5.41) is 2.89. The van der Waals surface area contributed by atoms with Gasteiger partial charge in [-0.1, -0.05) is 26.0 Å². The fraction of sp³-hybridized carbons (Fsp3) is 0.375. The minimum absolute atomic E-state index is 0. The normalized spacial score (nSPS) is 9.91. The standard InChI is InChI=1S/C16H22N4O.2ClH/c1-12(2)16-18-8-10-20(16)9-7-15(21)19-14-5-3-13(11-17)4-6-14;;/h3-6,8,10,12H,7,9,11,17H2,1-2H3,(H,19,21);2*1H. The number of nitrogens with zero attached hydrogens (tertiary/aromatic N) is 2. The minimum Gasteiger partial charge on any atom is -0.334 e. The van der Waals surface area contributed by atoms with Gasteiger partial charge in [0, 0.05) is 43.5 Å². The Kier molecular flexibility index (Phi) is 9.56. The number of carbonyl (C=O) groups excluding carboxylic acids is 1. The van der Waals surface area contributed by atoms with E-state index in [1.54, 1.807) is 6.20 Å². The van der Waals surface area contributed by atoms with E-state index in [0.29, 0.717) is 25.4 Å². The van der Waals surface area contributed by atoms with Crippen molar-refractivity contribution in [1.82, 2.24) is 9.55 Å². The van der Waals surface area contributed by atoms with Crippen LogP contribution in [0.1, 0.15) is 37.6 Å². The Hall–Kier alpha value is -1.56. The molecule has 1 aromatic heterocycles. The molecular weight excluding hydrogens is 335 g/mol. The maximum Gasteiger partial charge on any atom is 0.226 e. The number of nitrogens with two attached hydrogens (primary N) is 1. The highest BCUT2D eigenvalue weighted by Gasteiger charge is 2.09. The van der Waals surface area contributed by atoms with E-state index < -0.39 is 0 Å². The molecule has 0 aliphatic heterocycles. The van der Waals surface area contributed by atoms with Crippen molar-refractivity contribution in [3.8, 4) is 0 Å². The topological polar surface area (TPSA) is 72.9 Å². The van der Waals surface area contributed by atoms with Gasteiger partial charge in [0.05, 0.1) is 0 Å². The van der Waals surface area contributed by atoms with Gasteiger partial charge in [0.2, 0.25) is 5.91 Å². The summed E-state index contributed by atoms with van der Waals surface area (Å²) in [6.07, 6.45) is 4.12. The number of amides is 1. The fourth-order valence-corrected chi connectivity index (χ4v) is 2.18. The average molecular weight is 359 g/mol. The predicted octanol–water partition coefficient (Wildman–Crippen LogP) is 3.34. The number of hydrogen-bond acceptors (Lipinski definition) is 3. The molecule has 1 amide bonds. The van der Waals surface area contributed by atoms with E-state index in [1.807, 2.05) is 35.0 Å². The smallest absolute Gasteiger partial charge is 0.226 e. The van der Waals surface area contributed by atoms with Gasteiger partial charge in [0.25, 0.3) is 0 Å². The van der Waals surface area contributed by atoms with Gasteiger partial charge in [-0.2, -0.15) is 0 Å². The quantitative estimate of drug-likeness (QED) is 0.831. The summed E-state index contributed by atoms with van der Waals surface area (Å²) in [6, 6.07) is 7.58. The van der Waals surface area contributed by atoms with Gasteiger partial charge < -0.3 is 15.6 Å². The molecule has 1 aromatic carbocycles. The number of hydrogen-bond donors (Lipinski definition) is 2. The zero-order valence-electron chi connectivity index (χ0n) is 13.4. The van der Waals surface area contributed by atoms with Crippen LogP contribution in [0.15, 0.2) is 36.7 Å². The zero-order chi connectivity index (χ0) is 15.2. The second-order valence-corrected chi connectivity index (χ2v) is 5.33. The van der Waals surface area contributed by atoms with Gasteiger partial charge in [0.1, 0.15) is 5.82 Å². The van der Waals surface area contributed by atoms with Crippen LogP contribution in [0, 0.1) is 0 Å². The Morgan fingerprint density at radius 2 is 1.91 bits per heavy atom. The summed E-state index contributed by atoms with van der Waals surface area (Å²) in [4.78, 5) is 16.3. The molecule has 0 spiro atoms. The first kappa shape index (κ1) is 21.4. The summed E-state index contributed by atoms with van der Waals surface area (Å²) in [6.45, 7) is 5.34. The van der Waals surface area contributed by atoms with Crippen molar-refractivity contribution in [2.45, 2.75) is 39.3 Å². The summed E-state index contributed by atoms with van der Waals surface area (Å²) < 4.78 is 2.03. The number of anilines is 1. The molecule has 0 saturated carbocycles. The van der Waals surface area contributed by atoms with Crippen LogP contribution in [0.2, 0.25) is 0 Å². The predicted molar refractivity (Wildman–Crippen MR) is 98.4 cm³/mol. The van der Waals surface area contributed by atoms with Crippen molar-refractivity contribution in [3.05, 3.63) is 48.0 Å². The highest BCUT2D eigenvalue weighted by Crippen LogP contribution is 2.13. The average Bonchev–Trinajstić information content (AvgIpc) is 2.94. The number of imidazole rings is 1. The fourth-order valence-electron chi connectivity index (χ4n) is 2.18. The maximum atomic E-state index is 12.0. The van der Waals surface area contributed by atoms with E-state index in [0.717, 1.165) is 17.1 Å². The van der Waals surface area contributed by atoms with Crippen LogP contribution in [0.5, 0.6) is 0 Å². The lowest BCUT2D eigenvalue weighted by Crippen LogP contribution is -2.15. The molecule has 5 nitrogen and oxygen atoms in total. The second-order valence-electron chi connectivity index (χ2n) is 5.33. The monoisotopic (exact) mass is 358 g/mol. The van der Waals surface area contributed by atoms with Crippen LogP contribution in [-0.4, -0.2) is 15.5 Å². The molecule has 0 aliphatic rings. The third-order valence-electron chi connectivity index (χ3n) is 3.32. The molecular formula is C16H24Cl2N4O.